The Labute approximate surface area is 107 Å². The first-order valence-electron chi connectivity index (χ1n) is 6.81. The average Bonchev–Trinajstić information content (AvgIpc) is 2.83. The highest BCUT2D eigenvalue weighted by Crippen LogP contribution is 2.42. The monoisotopic (exact) mass is 248 g/mol. The number of nitrogen functional groups attached to an aromatic ring is 1. The molecule has 0 bridgehead atoms. The molecule has 3 rings (SSSR count). The second-order valence-corrected chi connectivity index (χ2v) is 5.54. The van der Waals surface area contributed by atoms with Crippen LogP contribution in [0.5, 0.6) is 0 Å². The molecule has 2 fully saturated rings. The van der Waals surface area contributed by atoms with E-state index < -0.39 is 0 Å². The lowest BCUT2D eigenvalue weighted by Gasteiger charge is -2.37. The van der Waals surface area contributed by atoms with Crippen molar-refractivity contribution in [3.63, 3.8) is 0 Å². The lowest BCUT2D eigenvalue weighted by atomic mass is 9.80. The fraction of sp³-hybridized carbons (Fsp3) is 0.643. The average molecular weight is 248 g/mol. The van der Waals surface area contributed by atoms with E-state index in [1.54, 1.807) is 10.6 Å². The SMILES string of the molecule is Nc1cccn([C@H]2CC[C@]3(CCCO3)CC2)c1=O. The lowest BCUT2D eigenvalue weighted by Crippen LogP contribution is -2.36. The van der Waals surface area contributed by atoms with E-state index in [2.05, 4.69) is 0 Å². The number of hydrogen-bond acceptors (Lipinski definition) is 3. The predicted octanol–water partition coefficient (Wildman–Crippen LogP) is 2.09. The van der Waals surface area contributed by atoms with Gasteiger partial charge in [-0.1, -0.05) is 0 Å². The van der Waals surface area contributed by atoms with Crippen LogP contribution in [-0.4, -0.2) is 16.8 Å². The summed E-state index contributed by atoms with van der Waals surface area (Å²) in [5.41, 5.74) is 6.10. The molecule has 98 valence electrons. The third-order valence-electron chi connectivity index (χ3n) is 4.45. The maximum atomic E-state index is 12.0. The molecule has 1 aromatic rings. The number of pyridine rings is 1. The van der Waals surface area contributed by atoms with Crippen molar-refractivity contribution in [1.82, 2.24) is 4.57 Å². The van der Waals surface area contributed by atoms with Crippen molar-refractivity contribution in [2.24, 2.45) is 0 Å². The number of hydrogen-bond donors (Lipinski definition) is 1. The molecular formula is C14H20N2O2. The molecule has 1 saturated heterocycles. The Hall–Kier alpha value is -1.29. The molecule has 1 aromatic heterocycles. The Morgan fingerprint density at radius 3 is 2.78 bits per heavy atom. The summed E-state index contributed by atoms with van der Waals surface area (Å²) in [7, 11) is 0. The molecule has 0 amide bonds. The maximum Gasteiger partial charge on any atom is 0.273 e. The van der Waals surface area contributed by atoms with Crippen LogP contribution in [-0.2, 0) is 4.74 Å². The van der Waals surface area contributed by atoms with Gasteiger partial charge in [-0.05, 0) is 50.7 Å². The summed E-state index contributed by atoms with van der Waals surface area (Å²) in [4.78, 5) is 12.0. The van der Waals surface area contributed by atoms with E-state index in [-0.39, 0.29) is 17.2 Å². The molecule has 4 heteroatoms. The molecule has 0 aromatic carbocycles. The lowest BCUT2D eigenvalue weighted by molar-refractivity contribution is -0.0334. The van der Waals surface area contributed by atoms with Gasteiger partial charge >= 0.3 is 0 Å². The van der Waals surface area contributed by atoms with Crippen molar-refractivity contribution in [1.29, 1.82) is 0 Å². The zero-order valence-corrected chi connectivity index (χ0v) is 10.6. The van der Waals surface area contributed by atoms with Crippen molar-refractivity contribution in [2.75, 3.05) is 12.3 Å². The number of ether oxygens (including phenoxy) is 1. The predicted molar refractivity (Wildman–Crippen MR) is 70.5 cm³/mol. The molecule has 1 spiro atoms. The number of nitrogens with zero attached hydrogens (tertiary/aromatic N) is 1. The number of anilines is 1. The Morgan fingerprint density at radius 2 is 2.11 bits per heavy atom. The van der Waals surface area contributed by atoms with E-state index in [1.165, 1.54) is 12.8 Å². The summed E-state index contributed by atoms with van der Waals surface area (Å²) >= 11 is 0. The minimum atomic E-state index is -0.0502. The van der Waals surface area contributed by atoms with Gasteiger partial charge in [-0.25, -0.2) is 0 Å². The Kier molecular flexibility index (Phi) is 2.90. The van der Waals surface area contributed by atoms with Crippen LogP contribution in [0.1, 0.15) is 44.6 Å². The van der Waals surface area contributed by atoms with E-state index in [9.17, 15) is 4.79 Å². The molecule has 1 aliphatic carbocycles. The molecule has 2 N–H and O–H groups in total. The van der Waals surface area contributed by atoms with Crippen LogP contribution in [0.3, 0.4) is 0 Å². The van der Waals surface area contributed by atoms with Crippen molar-refractivity contribution in [3.8, 4) is 0 Å². The van der Waals surface area contributed by atoms with E-state index >= 15 is 0 Å². The molecule has 1 saturated carbocycles. The van der Waals surface area contributed by atoms with E-state index in [0.717, 1.165) is 32.3 Å². The van der Waals surface area contributed by atoms with Gasteiger partial charge in [-0.2, -0.15) is 0 Å². The highest BCUT2D eigenvalue weighted by molar-refractivity contribution is 5.33. The topological polar surface area (TPSA) is 57.2 Å². The van der Waals surface area contributed by atoms with Gasteiger partial charge < -0.3 is 15.0 Å². The number of aromatic nitrogens is 1. The first-order valence-corrected chi connectivity index (χ1v) is 6.81. The van der Waals surface area contributed by atoms with Crippen LogP contribution in [0.25, 0.3) is 0 Å². The molecule has 0 atom stereocenters. The van der Waals surface area contributed by atoms with Crippen LogP contribution < -0.4 is 11.3 Å². The van der Waals surface area contributed by atoms with Gasteiger partial charge in [0.05, 0.1) is 11.3 Å². The van der Waals surface area contributed by atoms with Crippen molar-refractivity contribution >= 4 is 5.69 Å². The van der Waals surface area contributed by atoms with Crippen LogP contribution in [0.2, 0.25) is 0 Å². The molecule has 4 nitrogen and oxygen atoms in total. The fourth-order valence-corrected chi connectivity index (χ4v) is 3.37. The molecule has 1 aliphatic heterocycles. The van der Waals surface area contributed by atoms with Crippen LogP contribution in [0, 0.1) is 0 Å². The third kappa shape index (κ3) is 1.94. The highest BCUT2D eigenvalue weighted by atomic mass is 16.5. The van der Waals surface area contributed by atoms with Gasteiger partial charge in [0, 0.05) is 18.8 Å². The van der Waals surface area contributed by atoms with Gasteiger partial charge in [0.25, 0.3) is 5.56 Å². The Morgan fingerprint density at radius 1 is 1.33 bits per heavy atom. The molecule has 2 aliphatic rings. The maximum absolute atomic E-state index is 12.0. The van der Waals surface area contributed by atoms with Crippen molar-refractivity contribution < 1.29 is 4.74 Å². The minimum absolute atomic E-state index is 0.0502. The van der Waals surface area contributed by atoms with E-state index in [4.69, 9.17) is 10.5 Å². The second-order valence-electron chi connectivity index (χ2n) is 5.54. The first kappa shape index (κ1) is 11.8. The number of rotatable bonds is 1. The molecule has 0 radical (unpaired) electrons. The van der Waals surface area contributed by atoms with Gasteiger partial charge in [0.2, 0.25) is 0 Å². The van der Waals surface area contributed by atoms with Gasteiger partial charge in [-0.15, -0.1) is 0 Å². The summed E-state index contributed by atoms with van der Waals surface area (Å²) < 4.78 is 7.71. The summed E-state index contributed by atoms with van der Waals surface area (Å²) in [6, 6.07) is 3.81. The molecule has 18 heavy (non-hydrogen) atoms. The second kappa shape index (κ2) is 4.43. The zero-order valence-electron chi connectivity index (χ0n) is 10.6. The van der Waals surface area contributed by atoms with E-state index in [0.29, 0.717) is 5.69 Å². The summed E-state index contributed by atoms with van der Waals surface area (Å²) in [6.45, 7) is 0.906. The van der Waals surface area contributed by atoms with Gasteiger partial charge in [0.1, 0.15) is 0 Å². The smallest absolute Gasteiger partial charge is 0.273 e. The normalized spacial score (nSPS) is 31.9. The quantitative estimate of drug-likeness (QED) is 0.828. The summed E-state index contributed by atoms with van der Waals surface area (Å²) in [5, 5.41) is 0. The van der Waals surface area contributed by atoms with Crippen molar-refractivity contribution in [2.45, 2.75) is 50.2 Å². The molecule has 2 heterocycles. The van der Waals surface area contributed by atoms with Gasteiger partial charge in [-0.3, -0.25) is 4.79 Å². The summed E-state index contributed by atoms with van der Waals surface area (Å²) in [6.07, 6.45) is 8.40. The van der Waals surface area contributed by atoms with Gasteiger partial charge in [0.15, 0.2) is 0 Å². The third-order valence-corrected chi connectivity index (χ3v) is 4.45. The minimum Gasteiger partial charge on any atom is -0.394 e. The fourth-order valence-electron chi connectivity index (χ4n) is 3.37. The standard InChI is InChI=1S/C14H20N2O2/c15-12-3-1-9-16(13(12)17)11-4-7-14(8-5-11)6-2-10-18-14/h1,3,9,11H,2,4-8,10,15H2/t11-,14+. The van der Waals surface area contributed by atoms with E-state index in [1.807, 2.05) is 12.3 Å². The highest BCUT2D eigenvalue weighted by Gasteiger charge is 2.39. The summed E-state index contributed by atoms with van der Waals surface area (Å²) in [5.74, 6) is 0. The zero-order chi connectivity index (χ0) is 12.6. The molecular weight excluding hydrogens is 228 g/mol. The molecule has 0 unspecified atom stereocenters. The van der Waals surface area contributed by atoms with Crippen LogP contribution in [0.15, 0.2) is 23.1 Å². The van der Waals surface area contributed by atoms with Crippen LogP contribution in [0.4, 0.5) is 5.69 Å². The van der Waals surface area contributed by atoms with Crippen LogP contribution >= 0.6 is 0 Å². The first-order chi connectivity index (χ1) is 8.70. The van der Waals surface area contributed by atoms with Crippen molar-refractivity contribution in [3.05, 3.63) is 28.7 Å². The Bertz CT molecular complexity index is 479. The Balaban J connectivity index is 1.76. The number of nitrogens with two attached hydrogens (primary N) is 1. The largest absolute Gasteiger partial charge is 0.394 e.